The Morgan fingerprint density at radius 2 is 2.26 bits per heavy atom. The molecule has 0 spiro atoms. The molecule has 1 saturated carbocycles. The van der Waals surface area contributed by atoms with Gasteiger partial charge in [-0.3, -0.25) is 0 Å². The highest BCUT2D eigenvalue weighted by Crippen LogP contribution is 2.29. The minimum absolute atomic E-state index is 0.732. The molecule has 2 N–H and O–H groups in total. The first-order valence-electron chi connectivity index (χ1n) is 7.95. The average molecular weight is 258 g/mol. The second kappa shape index (κ2) is 5.96. The predicted molar refractivity (Wildman–Crippen MR) is 81.5 cm³/mol. The summed E-state index contributed by atoms with van der Waals surface area (Å²) in [6, 6.07) is 7.46. The van der Waals surface area contributed by atoms with Gasteiger partial charge < -0.3 is 10.6 Å². The Morgan fingerprint density at radius 3 is 3.16 bits per heavy atom. The van der Waals surface area contributed by atoms with Crippen molar-refractivity contribution in [2.45, 2.75) is 58.0 Å². The van der Waals surface area contributed by atoms with E-state index in [0.717, 1.165) is 25.0 Å². The van der Waals surface area contributed by atoms with Gasteiger partial charge >= 0.3 is 0 Å². The summed E-state index contributed by atoms with van der Waals surface area (Å²) in [6.07, 6.45) is 8.11. The van der Waals surface area contributed by atoms with Crippen molar-refractivity contribution in [1.82, 2.24) is 5.32 Å². The Hall–Kier alpha value is -1.02. The maximum absolute atomic E-state index is 3.79. The Bertz CT molecular complexity index is 427. The van der Waals surface area contributed by atoms with Crippen molar-refractivity contribution in [3.63, 3.8) is 0 Å². The molecule has 2 atom stereocenters. The lowest BCUT2D eigenvalue weighted by molar-refractivity contribution is 0.278. The molecule has 1 aromatic carbocycles. The third-order valence-corrected chi connectivity index (χ3v) is 4.87. The van der Waals surface area contributed by atoms with Gasteiger partial charge in [-0.2, -0.15) is 0 Å². The van der Waals surface area contributed by atoms with Crippen LogP contribution < -0.4 is 10.6 Å². The van der Waals surface area contributed by atoms with Crippen molar-refractivity contribution in [1.29, 1.82) is 0 Å². The minimum Gasteiger partial charge on any atom is -0.384 e. The summed E-state index contributed by atoms with van der Waals surface area (Å²) in [5.74, 6) is 0.950. The summed E-state index contributed by atoms with van der Waals surface area (Å²) < 4.78 is 0. The largest absolute Gasteiger partial charge is 0.384 e. The molecule has 2 nitrogen and oxygen atoms in total. The number of para-hydroxylation sites is 1. The molecule has 0 radical (unpaired) electrons. The van der Waals surface area contributed by atoms with Gasteiger partial charge in [0, 0.05) is 24.8 Å². The van der Waals surface area contributed by atoms with Crippen LogP contribution >= 0.6 is 0 Å². The van der Waals surface area contributed by atoms with E-state index >= 15 is 0 Å². The molecule has 1 aromatic rings. The van der Waals surface area contributed by atoms with Crippen LogP contribution in [0.25, 0.3) is 0 Å². The first kappa shape index (κ1) is 13.0. The summed E-state index contributed by atoms with van der Waals surface area (Å²) in [7, 11) is 0. The van der Waals surface area contributed by atoms with E-state index in [-0.39, 0.29) is 0 Å². The lowest BCUT2D eigenvalue weighted by Crippen LogP contribution is -2.33. The summed E-state index contributed by atoms with van der Waals surface area (Å²) in [6.45, 7) is 4.46. The molecule has 0 amide bonds. The molecule has 2 unspecified atom stereocenters. The van der Waals surface area contributed by atoms with Crippen molar-refractivity contribution in [2.75, 3.05) is 11.9 Å². The van der Waals surface area contributed by atoms with E-state index in [9.17, 15) is 0 Å². The zero-order chi connectivity index (χ0) is 13.1. The van der Waals surface area contributed by atoms with Gasteiger partial charge in [0.05, 0.1) is 0 Å². The van der Waals surface area contributed by atoms with Gasteiger partial charge in [0.25, 0.3) is 0 Å². The molecular formula is C17H26N2. The van der Waals surface area contributed by atoms with Crippen LogP contribution in [-0.2, 0) is 13.0 Å². The van der Waals surface area contributed by atoms with Gasteiger partial charge in [0.1, 0.15) is 0 Å². The van der Waals surface area contributed by atoms with Gasteiger partial charge in [-0.05, 0) is 36.3 Å². The van der Waals surface area contributed by atoms with Crippen LogP contribution in [0.15, 0.2) is 18.2 Å². The third kappa shape index (κ3) is 2.94. The van der Waals surface area contributed by atoms with Crippen molar-refractivity contribution in [2.24, 2.45) is 5.92 Å². The molecule has 1 aliphatic carbocycles. The zero-order valence-electron chi connectivity index (χ0n) is 12.0. The standard InChI is InChI=1S/C17H26N2/c1-2-13-5-3-8-16(11-13)19-12-15-7-4-6-14-9-10-18-17(14)15/h4,6-7,13,16,18-19H,2-3,5,8-12H2,1H3. The number of nitrogens with one attached hydrogen (secondary N) is 2. The molecule has 0 saturated heterocycles. The second-order valence-electron chi connectivity index (χ2n) is 6.15. The topological polar surface area (TPSA) is 24.1 Å². The maximum atomic E-state index is 3.79. The molecule has 104 valence electrons. The minimum atomic E-state index is 0.732. The van der Waals surface area contributed by atoms with E-state index in [1.165, 1.54) is 55.3 Å². The van der Waals surface area contributed by atoms with Crippen LogP contribution in [0.3, 0.4) is 0 Å². The first-order chi connectivity index (χ1) is 9.36. The molecule has 1 fully saturated rings. The number of anilines is 1. The lowest BCUT2D eigenvalue weighted by Gasteiger charge is -2.29. The van der Waals surface area contributed by atoms with Gasteiger partial charge in [0.15, 0.2) is 0 Å². The van der Waals surface area contributed by atoms with Crippen molar-refractivity contribution in [3.05, 3.63) is 29.3 Å². The molecule has 1 heterocycles. The predicted octanol–water partition coefficient (Wildman–Crippen LogP) is 3.71. The quantitative estimate of drug-likeness (QED) is 0.860. The van der Waals surface area contributed by atoms with Crippen LogP contribution in [-0.4, -0.2) is 12.6 Å². The Labute approximate surface area is 117 Å². The second-order valence-corrected chi connectivity index (χ2v) is 6.15. The fraction of sp³-hybridized carbons (Fsp3) is 0.647. The number of fused-ring (bicyclic) bond motifs is 1. The molecule has 2 aliphatic rings. The molecule has 3 rings (SSSR count). The molecule has 19 heavy (non-hydrogen) atoms. The highest BCUT2D eigenvalue weighted by molar-refractivity contribution is 5.61. The average Bonchev–Trinajstić information content (AvgIpc) is 2.94. The van der Waals surface area contributed by atoms with E-state index in [0.29, 0.717) is 0 Å². The van der Waals surface area contributed by atoms with E-state index in [1.54, 1.807) is 0 Å². The van der Waals surface area contributed by atoms with Crippen LogP contribution in [0.5, 0.6) is 0 Å². The fourth-order valence-corrected chi connectivity index (χ4v) is 3.66. The van der Waals surface area contributed by atoms with E-state index in [2.05, 4.69) is 35.8 Å². The molecule has 1 aliphatic heterocycles. The van der Waals surface area contributed by atoms with Crippen LogP contribution in [0.1, 0.15) is 50.2 Å². The monoisotopic (exact) mass is 258 g/mol. The number of rotatable bonds is 4. The smallest absolute Gasteiger partial charge is 0.0419 e. The Balaban J connectivity index is 1.59. The lowest BCUT2D eigenvalue weighted by atomic mass is 9.84. The highest BCUT2D eigenvalue weighted by Gasteiger charge is 2.21. The summed E-state index contributed by atoms with van der Waals surface area (Å²) in [5, 5.41) is 7.33. The summed E-state index contributed by atoms with van der Waals surface area (Å²) in [4.78, 5) is 0. The van der Waals surface area contributed by atoms with Crippen molar-refractivity contribution >= 4 is 5.69 Å². The number of hydrogen-bond donors (Lipinski definition) is 2. The van der Waals surface area contributed by atoms with E-state index in [4.69, 9.17) is 0 Å². The Kier molecular flexibility index (Phi) is 4.07. The summed E-state index contributed by atoms with van der Waals surface area (Å²) in [5.41, 5.74) is 4.35. The third-order valence-electron chi connectivity index (χ3n) is 4.87. The van der Waals surface area contributed by atoms with Crippen LogP contribution in [0.4, 0.5) is 5.69 Å². The van der Waals surface area contributed by atoms with Crippen molar-refractivity contribution < 1.29 is 0 Å². The number of hydrogen-bond acceptors (Lipinski definition) is 2. The van der Waals surface area contributed by atoms with Crippen molar-refractivity contribution in [3.8, 4) is 0 Å². The highest BCUT2D eigenvalue weighted by atomic mass is 14.9. The van der Waals surface area contributed by atoms with Crippen LogP contribution in [0, 0.1) is 5.92 Å². The van der Waals surface area contributed by atoms with Crippen LogP contribution in [0.2, 0.25) is 0 Å². The SMILES string of the molecule is CCC1CCCC(NCc2cccc3c2NCC3)C1. The zero-order valence-corrected chi connectivity index (χ0v) is 12.0. The molecular weight excluding hydrogens is 232 g/mol. The maximum Gasteiger partial charge on any atom is 0.0419 e. The van der Waals surface area contributed by atoms with E-state index < -0.39 is 0 Å². The van der Waals surface area contributed by atoms with Gasteiger partial charge in [-0.15, -0.1) is 0 Å². The summed E-state index contributed by atoms with van der Waals surface area (Å²) >= 11 is 0. The first-order valence-corrected chi connectivity index (χ1v) is 7.95. The Morgan fingerprint density at radius 1 is 1.32 bits per heavy atom. The molecule has 0 aromatic heterocycles. The normalized spacial score (nSPS) is 25.9. The van der Waals surface area contributed by atoms with E-state index in [1.807, 2.05) is 0 Å². The molecule has 0 bridgehead atoms. The van der Waals surface area contributed by atoms with Gasteiger partial charge in [-0.1, -0.05) is 44.4 Å². The van der Waals surface area contributed by atoms with Gasteiger partial charge in [-0.25, -0.2) is 0 Å². The number of benzene rings is 1. The van der Waals surface area contributed by atoms with Gasteiger partial charge in [0.2, 0.25) is 0 Å². The fourth-order valence-electron chi connectivity index (χ4n) is 3.66. The molecule has 2 heteroatoms.